The molecule has 144 valence electrons. The maximum atomic E-state index is 9.67. The van der Waals surface area contributed by atoms with E-state index >= 15 is 0 Å². The Balaban J connectivity index is 0.00000156. The Hall–Kier alpha value is -0.660. The lowest BCUT2D eigenvalue weighted by molar-refractivity contribution is 0.0575. The molecule has 1 aromatic rings. The highest BCUT2D eigenvalue weighted by Crippen LogP contribution is 2.40. The number of hydrogen-bond acceptors (Lipinski definition) is 6. The number of aliphatic hydroxyl groups is 1. The van der Waals surface area contributed by atoms with Crippen LogP contribution in [0.2, 0.25) is 0 Å². The van der Waals surface area contributed by atoms with Gasteiger partial charge >= 0.3 is 0 Å². The fourth-order valence-corrected chi connectivity index (χ4v) is 3.34. The molecule has 3 N–H and O–H groups in total. The largest absolute Gasteiger partial charge is 0.396 e. The Labute approximate surface area is 162 Å². The highest BCUT2D eigenvalue weighted by Gasteiger charge is 2.36. The molecule has 1 aliphatic carbocycles. The van der Waals surface area contributed by atoms with Gasteiger partial charge < -0.3 is 20.5 Å². The van der Waals surface area contributed by atoms with Crippen LogP contribution >= 0.6 is 24.8 Å². The van der Waals surface area contributed by atoms with Crippen molar-refractivity contribution in [2.24, 2.45) is 5.41 Å². The highest BCUT2D eigenvalue weighted by molar-refractivity contribution is 5.85. The van der Waals surface area contributed by atoms with Crippen LogP contribution in [0.15, 0.2) is 0 Å². The molecule has 1 fully saturated rings. The van der Waals surface area contributed by atoms with Gasteiger partial charge in [-0.2, -0.15) is 0 Å². The average Bonchev–Trinajstić information content (AvgIpc) is 2.77. The molecule has 1 saturated carbocycles. The third-order valence-electron chi connectivity index (χ3n) is 5.05. The zero-order valence-electron chi connectivity index (χ0n) is 14.8. The van der Waals surface area contributed by atoms with Crippen molar-refractivity contribution in [2.45, 2.75) is 45.6 Å². The highest BCUT2D eigenvalue weighted by atomic mass is 35.5. The van der Waals surface area contributed by atoms with Crippen LogP contribution < -0.4 is 10.6 Å². The molecule has 0 spiro atoms. The minimum Gasteiger partial charge on any atom is -0.396 e. The van der Waals surface area contributed by atoms with Crippen molar-refractivity contribution in [1.82, 2.24) is 15.3 Å². The fourth-order valence-electron chi connectivity index (χ4n) is 3.34. The third-order valence-corrected chi connectivity index (χ3v) is 5.05. The van der Waals surface area contributed by atoms with E-state index in [1.54, 1.807) is 0 Å². The lowest BCUT2D eigenvalue weighted by Crippen LogP contribution is -2.40. The quantitative estimate of drug-likeness (QED) is 0.659. The molecule has 0 aromatic carbocycles. The second-order valence-corrected chi connectivity index (χ2v) is 6.67. The van der Waals surface area contributed by atoms with Crippen molar-refractivity contribution in [3.63, 3.8) is 0 Å². The summed E-state index contributed by atoms with van der Waals surface area (Å²) in [4.78, 5) is 9.41. The van der Waals surface area contributed by atoms with Gasteiger partial charge in [0, 0.05) is 37.1 Å². The monoisotopic (exact) mass is 392 g/mol. The first kappa shape index (κ1) is 22.4. The Morgan fingerprint density at radius 2 is 1.96 bits per heavy atom. The number of fused-ring (bicyclic) bond motifs is 1. The van der Waals surface area contributed by atoms with Gasteiger partial charge in [0.15, 0.2) is 5.82 Å². The molecule has 1 aliphatic heterocycles. The molecule has 0 radical (unpaired) electrons. The maximum absolute atomic E-state index is 9.67. The van der Waals surface area contributed by atoms with Crippen LogP contribution in [0.5, 0.6) is 0 Å². The molecule has 25 heavy (non-hydrogen) atoms. The lowest BCUT2D eigenvalue weighted by Gasteiger charge is -2.40. The van der Waals surface area contributed by atoms with Crippen LogP contribution in [-0.2, 0) is 24.2 Å². The molecule has 0 atom stereocenters. The molecule has 6 nitrogen and oxygen atoms in total. The van der Waals surface area contributed by atoms with E-state index in [1.807, 2.05) is 6.92 Å². The van der Waals surface area contributed by atoms with E-state index < -0.39 is 0 Å². The summed E-state index contributed by atoms with van der Waals surface area (Å²) in [6.45, 7) is 6.05. The zero-order valence-corrected chi connectivity index (χ0v) is 16.5. The molecular formula is C17H30Cl2N4O2. The molecular weight excluding hydrogens is 363 g/mol. The molecule has 0 amide bonds. The van der Waals surface area contributed by atoms with Gasteiger partial charge in [0.2, 0.25) is 0 Å². The normalized spacial score (nSPS) is 18.0. The van der Waals surface area contributed by atoms with Gasteiger partial charge in [-0.1, -0.05) is 6.42 Å². The summed E-state index contributed by atoms with van der Waals surface area (Å²) in [5.41, 5.74) is 2.40. The second-order valence-electron chi connectivity index (χ2n) is 6.67. The van der Waals surface area contributed by atoms with Crippen molar-refractivity contribution in [1.29, 1.82) is 0 Å². The number of halogens is 2. The van der Waals surface area contributed by atoms with Gasteiger partial charge in [-0.15, -0.1) is 24.8 Å². The van der Waals surface area contributed by atoms with Crippen LogP contribution in [-0.4, -0.2) is 47.9 Å². The number of nitrogens with zero attached hydrogens (tertiary/aromatic N) is 2. The van der Waals surface area contributed by atoms with Gasteiger partial charge in [0.25, 0.3) is 0 Å². The molecule has 2 heterocycles. The first-order valence-corrected chi connectivity index (χ1v) is 8.78. The van der Waals surface area contributed by atoms with Gasteiger partial charge in [-0.05, 0) is 32.7 Å². The zero-order chi connectivity index (χ0) is 16.1. The molecule has 2 aliphatic rings. The Kier molecular flexibility index (Phi) is 9.38. The summed E-state index contributed by atoms with van der Waals surface area (Å²) in [6.07, 6.45) is 5.27. The van der Waals surface area contributed by atoms with E-state index in [-0.39, 0.29) is 36.8 Å². The van der Waals surface area contributed by atoms with Crippen LogP contribution in [0.25, 0.3) is 0 Å². The van der Waals surface area contributed by atoms with Gasteiger partial charge in [0.05, 0.1) is 12.3 Å². The van der Waals surface area contributed by atoms with E-state index in [1.165, 1.54) is 12.0 Å². The van der Waals surface area contributed by atoms with Gasteiger partial charge in [-0.25, -0.2) is 9.97 Å². The van der Waals surface area contributed by atoms with Crippen molar-refractivity contribution in [2.75, 3.05) is 38.2 Å². The second kappa shape index (κ2) is 10.5. The Bertz CT molecular complexity index is 536. The average molecular weight is 393 g/mol. The minimum absolute atomic E-state index is 0. The number of aliphatic hydroxyl groups excluding tert-OH is 1. The summed E-state index contributed by atoms with van der Waals surface area (Å²) < 4.78 is 5.49. The predicted octanol–water partition coefficient (Wildman–Crippen LogP) is 2.12. The maximum Gasteiger partial charge on any atom is 0.156 e. The van der Waals surface area contributed by atoms with E-state index in [0.717, 1.165) is 62.7 Å². The topological polar surface area (TPSA) is 79.3 Å². The van der Waals surface area contributed by atoms with E-state index in [4.69, 9.17) is 14.7 Å². The first-order valence-electron chi connectivity index (χ1n) is 8.78. The van der Waals surface area contributed by atoms with Crippen LogP contribution in [0.3, 0.4) is 0 Å². The number of nitrogens with one attached hydrogen (secondary N) is 2. The third kappa shape index (κ3) is 5.41. The van der Waals surface area contributed by atoms with Crippen molar-refractivity contribution in [3.05, 3.63) is 17.1 Å². The smallest absolute Gasteiger partial charge is 0.156 e. The van der Waals surface area contributed by atoms with Crippen LogP contribution in [0, 0.1) is 5.41 Å². The van der Waals surface area contributed by atoms with Crippen LogP contribution in [0.1, 0.15) is 43.3 Å². The first-order chi connectivity index (χ1) is 11.3. The summed E-state index contributed by atoms with van der Waals surface area (Å²) in [5, 5.41) is 16.6. The molecule has 0 saturated heterocycles. The van der Waals surface area contributed by atoms with Crippen molar-refractivity contribution in [3.8, 4) is 0 Å². The number of anilines is 1. The molecule has 0 bridgehead atoms. The fraction of sp³-hybridized carbons (Fsp3) is 0.765. The lowest BCUT2D eigenvalue weighted by atomic mass is 9.69. The van der Waals surface area contributed by atoms with Crippen LogP contribution in [0.4, 0.5) is 5.82 Å². The number of ether oxygens (including phenoxy) is 1. The number of rotatable bonds is 7. The van der Waals surface area contributed by atoms with E-state index in [9.17, 15) is 5.11 Å². The van der Waals surface area contributed by atoms with Crippen molar-refractivity contribution < 1.29 is 9.84 Å². The Morgan fingerprint density at radius 1 is 1.20 bits per heavy atom. The van der Waals surface area contributed by atoms with E-state index in [0.29, 0.717) is 13.2 Å². The predicted molar refractivity (Wildman–Crippen MR) is 104 cm³/mol. The number of aromatic nitrogens is 2. The van der Waals surface area contributed by atoms with Crippen molar-refractivity contribution >= 4 is 30.6 Å². The standard InChI is InChI=1S/C17H28N4O2.2ClH/c1-2-23-10-15-20-14-5-9-18-8-4-13(14)16(21-15)19-11-17(12-22)6-3-7-17;;/h18,22H,2-12H2,1H3,(H,19,20,21);2*1H. The summed E-state index contributed by atoms with van der Waals surface area (Å²) >= 11 is 0. The summed E-state index contributed by atoms with van der Waals surface area (Å²) in [6, 6.07) is 0. The van der Waals surface area contributed by atoms with Gasteiger partial charge in [0.1, 0.15) is 12.4 Å². The summed E-state index contributed by atoms with van der Waals surface area (Å²) in [5.74, 6) is 1.69. The Morgan fingerprint density at radius 3 is 2.60 bits per heavy atom. The summed E-state index contributed by atoms with van der Waals surface area (Å²) in [7, 11) is 0. The molecule has 8 heteroatoms. The molecule has 1 aromatic heterocycles. The molecule has 3 rings (SSSR count). The van der Waals surface area contributed by atoms with Gasteiger partial charge in [-0.3, -0.25) is 0 Å². The van der Waals surface area contributed by atoms with E-state index in [2.05, 4.69) is 10.6 Å². The SMILES string of the molecule is CCOCc1nc2c(c(NCC3(CO)CCC3)n1)CCNCC2.Cl.Cl. The minimum atomic E-state index is 0. The number of hydrogen-bond donors (Lipinski definition) is 3. The molecule has 0 unspecified atom stereocenters.